The second-order valence-corrected chi connectivity index (χ2v) is 5.38. The lowest BCUT2D eigenvalue weighted by molar-refractivity contribution is 0.0600. The molecule has 0 radical (unpaired) electrons. The number of rotatable bonds is 3. The molecule has 1 aliphatic heterocycles. The fourth-order valence-electron chi connectivity index (χ4n) is 2.89. The summed E-state index contributed by atoms with van der Waals surface area (Å²) in [5, 5.41) is 0. The van der Waals surface area contributed by atoms with E-state index in [-0.39, 0.29) is 0 Å². The Balaban J connectivity index is 1.86. The van der Waals surface area contributed by atoms with Gasteiger partial charge in [-0.25, -0.2) is 14.8 Å². The molecule has 1 fully saturated rings. The molecule has 1 aromatic carbocycles. The van der Waals surface area contributed by atoms with Gasteiger partial charge in [-0.2, -0.15) is 0 Å². The van der Waals surface area contributed by atoms with Crippen molar-refractivity contribution in [2.45, 2.75) is 25.3 Å². The highest BCUT2D eigenvalue weighted by molar-refractivity contribution is 5.88. The van der Waals surface area contributed by atoms with Crippen LogP contribution in [0.4, 0.5) is 5.95 Å². The van der Waals surface area contributed by atoms with E-state index in [0.717, 1.165) is 19.4 Å². The summed E-state index contributed by atoms with van der Waals surface area (Å²) in [6.45, 7) is 0.928. The Kier molecular flexibility index (Phi) is 4.32. The van der Waals surface area contributed by atoms with Crippen molar-refractivity contribution in [1.29, 1.82) is 0 Å². The van der Waals surface area contributed by atoms with Gasteiger partial charge in [0.1, 0.15) is 0 Å². The zero-order chi connectivity index (χ0) is 15.4. The summed E-state index contributed by atoms with van der Waals surface area (Å²) in [7, 11) is 1.35. The molecule has 2 aromatic rings. The monoisotopic (exact) mass is 297 g/mol. The lowest BCUT2D eigenvalue weighted by atomic mass is 9.95. The molecule has 3 rings (SSSR count). The minimum absolute atomic E-state index is 0.291. The number of esters is 1. The number of hydrogen-bond donors (Lipinski definition) is 0. The first-order valence-electron chi connectivity index (χ1n) is 7.51. The minimum atomic E-state index is -0.412. The highest BCUT2D eigenvalue weighted by atomic mass is 16.5. The van der Waals surface area contributed by atoms with Gasteiger partial charge in [0.25, 0.3) is 0 Å². The standard InChI is InChI=1S/C17H19N3O2/c1-22-16(21)14-11-18-17(19-12-14)20-10-6-5-9-15(20)13-7-3-2-4-8-13/h2-4,7-8,11-12,15H,5-6,9-10H2,1H3/t15-/m0/s1. The van der Waals surface area contributed by atoms with E-state index >= 15 is 0 Å². The molecule has 1 atom stereocenters. The van der Waals surface area contributed by atoms with Crippen molar-refractivity contribution >= 4 is 11.9 Å². The Morgan fingerprint density at radius 1 is 1.18 bits per heavy atom. The summed E-state index contributed by atoms with van der Waals surface area (Å²) >= 11 is 0. The average Bonchev–Trinajstić information content (AvgIpc) is 2.62. The number of carbonyl (C=O) groups excluding carboxylic acids is 1. The van der Waals surface area contributed by atoms with Crippen LogP contribution < -0.4 is 4.90 Å². The Bertz CT molecular complexity index is 628. The maximum atomic E-state index is 11.5. The molecule has 0 amide bonds. The molecular weight excluding hydrogens is 278 g/mol. The molecule has 0 saturated carbocycles. The van der Waals surface area contributed by atoms with E-state index in [0.29, 0.717) is 17.6 Å². The average molecular weight is 297 g/mol. The quantitative estimate of drug-likeness (QED) is 0.815. The third-order valence-electron chi connectivity index (χ3n) is 4.00. The van der Waals surface area contributed by atoms with Crippen LogP contribution in [0.25, 0.3) is 0 Å². The van der Waals surface area contributed by atoms with Crippen LogP contribution in [0, 0.1) is 0 Å². The van der Waals surface area contributed by atoms with Crippen LogP contribution in [0.3, 0.4) is 0 Å². The third kappa shape index (κ3) is 2.93. The third-order valence-corrected chi connectivity index (χ3v) is 4.00. The van der Waals surface area contributed by atoms with Gasteiger partial charge in [0, 0.05) is 18.9 Å². The van der Waals surface area contributed by atoms with Crippen LogP contribution in [-0.2, 0) is 4.74 Å². The number of ether oxygens (including phenoxy) is 1. The highest BCUT2D eigenvalue weighted by Crippen LogP contribution is 2.33. The van der Waals surface area contributed by atoms with Crippen molar-refractivity contribution in [2.24, 2.45) is 0 Å². The normalized spacial score (nSPS) is 18.0. The van der Waals surface area contributed by atoms with Gasteiger partial charge in [-0.05, 0) is 24.8 Å². The lowest BCUT2D eigenvalue weighted by Gasteiger charge is -2.36. The summed E-state index contributed by atoms with van der Waals surface area (Å²) in [5.41, 5.74) is 1.65. The fourth-order valence-corrected chi connectivity index (χ4v) is 2.89. The maximum absolute atomic E-state index is 11.5. The molecule has 22 heavy (non-hydrogen) atoms. The Morgan fingerprint density at radius 2 is 1.91 bits per heavy atom. The summed E-state index contributed by atoms with van der Waals surface area (Å²) < 4.78 is 4.68. The fraction of sp³-hybridized carbons (Fsp3) is 0.353. The predicted molar refractivity (Wildman–Crippen MR) is 83.8 cm³/mol. The van der Waals surface area contributed by atoms with Crippen molar-refractivity contribution in [1.82, 2.24) is 9.97 Å². The molecule has 1 aliphatic rings. The first-order valence-corrected chi connectivity index (χ1v) is 7.51. The molecule has 114 valence electrons. The van der Waals surface area contributed by atoms with Crippen LogP contribution >= 0.6 is 0 Å². The number of anilines is 1. The number of piperidine rings is 1. The molecule has 0 aliphatic carbocycles. The van der Waals surface area contributed by atoms with E-state index in [1.807, 2.05) is 6.07 Å². The van der Waals surface area contributed by atoms with Crippen molar-refractivity contribution < 1.29 is 9.53 Å². The van der Waals surface area contributed by atoms with E-state index < -0.39 is 5.97 Å². The summed E-state index contributed by atoms with van der Waals surface area (Å²) in [6, 6.07) is 10.7. The van der Waals surface area contributed by atoms with Crippen LogP contribution in [0.2, 0.25) is 0 Å². The molecule has 5 nitrogen and oxygen atoms in total. The van der Waals surface area contributed by atoms with Crippen molar-refractivity contribution in [3.63, 3.8) is 0 Å². The second-order valence-electron chi connectivity index (χ2n) is 5.38. The molecular formula is C17H19N3O2. The van der Waals surface area contributed by atoms with Gasteiger partial charge >= 0.3 is 5.97 Å². The van der Waals surface area contributed by atoms with E-state index in [1.165, 1.54) is 31.5 Å². The summed E-state index contributed by atoms with van der Waals surface area (Å²) in [6.07, 6.45) is 6.49. The van der Waals surface area contributed by atoms with Gasteiger partial charge in [-0.15, -0.1) is 0 Å². The van der Waals surface area contributed by atoms with Gasteiger partial charge in [0.05, 0.1) is 18.7 Å². The van der Waals surface area contributed by atoms with Crippen LogP contribution in [0.1, 0.15) is 41.2 Å². The molecule has 0 bridgehead atoms. The predicted octanol–water partition coefficient (Wildman–Crippen LogP) is 2.99. The first-order chi connectivity index (χ1) is 10.8. The van der Waals surface area contributed by atoms with Gasteiger partial charge in [-0.3, -0.25) is 0 Å². The van der Waals surface area contributed by atoms with Gasteiger partial charge < -0.3 is 9.64 Å². The SMILES string of the molecule is COC(=O)c1cnc(N2CCCC[C@H]2c2ccccc2)nc1. The lowest BCUT2D eigenvalue weighted by Crippen LogP contribution is -2.34. The van der Waals surface area contributed by atoms with Crippen LogP contribution in [0.15, 0.2) is 42.7 Å². The van der Waals surface area contributed by atoms with Gasteiger partial charge in [0.15, 0.2) is 0 Å². The second kappa shape index (κ2) is 6.56. The molecule has 0 spiro atoms. The Morgan fingerprint density at radius 3 is 2.59 bits per heavy atom. The Hall–Kier alpha value is -2.43. The van der Waals surface area contributed by atoms with Crippen molar-refractivity contribution in [2.75, 3.05) is 18.6 Å². The summed E-state index contributed by atoms with van der Waals surface area (Å²) in [5.74, 6) is 0.256. The van der Waals surface area contributed by atoms with E-state index in [2.05, 4.69) is 43.9 Å². The van der Waals surface area contributed by atoms with Crippen molar-refractivity contribution in [3.8, 4) is 0 Å². The van der Waals surface area contributed by atoms with E-state index in [1.54, 1.807) is 0 Å². The summed E-state index contributed by atoms with van der Waals surface area (Å²) in [4.78, 5) is 22.4. The number of carbonyl (C=O) groups is 1. The zero-order valence-corrected chi connectivity index (χ0v) is 12.6. The topological polar surface area (TPSA) is 55.3 Å². The molecule has 0 N–H and O–H groups in total. The van der Waals surface area contributed by atoms with Crippen LogP contribution in [0.5, 0.6) is 0 Å². The minimum Gasteiger partial charge on any atom is -0.465 e. The highest BCUT2D eigenvalue weighted by Gasteiger charge is 2.26. The number of nitrogens with zero attached hydrogens (tertiary/aromatic N) is 3. The molecule has 5 heteroatoms. The molecule has 0 unspecified atom stereocenters. The van der Waals surface area contributed by atoms with Gasteiger partial charge in [-0.1, -0.05) is 30.3 Å². The van der Waals surface area contributed by atoms with E-state index in [9.17, 15) is 4.79 Å². The first kappa shape index (κ1) is 14.5. The zero-order valence-electron chi connectivity index (χ0n) is 12.6. The molecule has 1 aromatic heterocycles. The number of aromatic nitrogens is 2. The smallest absolute Gasteiger partial charge is 0.341 e. The van der Waals surface area contributed by atoms with E-state index in [4.69, 9.17) is 0 Å². The largest absolute Gasteiger partial charge is 0.465 e. The van der Waals surface area contributed by atoms with Crippen LogP contribution in [-0.4, -0.2) is 29.6 Å². The number of hydrogen-bond acceptors (Lipinski definition) is 5. The number of methoxy groups -OCH3 is 1. The van der Waals surface area contributed by atoms with Gasteiger partial charge in [0.2, 0.25) is 5.95 Å². The molecule has 1 saturated heterocycles. The molecule has 2 heterocycles. The maximum Gasteiger partial charge on any atom is 0.341 e. The van der Waals surface area contributed by atoms with Crippen molar-refractivity contribution in [3.05, 3.63) is 53.9 Å². The number of benzene rings is 1. The Labute approximate surface area is 130 Å².